The zero-order chi connectivity index (χ0) is 28.7. The van der Waals surface area contributed by atoms with Crippen LogP contribution in [0.15, 0.2) is 127 Å². The van der Waals surface area contributed by atoms with E-state index in [1.165, 1.54) is 0 Å². The highest BCUT2D eigenvalue weighted by Crippen LogP contribution is 2.41. The number of hydrogen-bond donors (Lipinski definition) is 0. The molecule has 0 amide bonds. The van der Waals surface area contributed by atoms with Gasteiger partial charge in [-0.15, -0.1) is 0 Å². The lowest BCUT2D eigenvalue weighted by atomic mass is 10.1. The Balaban J connectivity index is 1.75. The van der Waals surface area contributed by atoms with Crippen LogP contribution in [-0.4, -0.2) is 13.4 Å². The monoisotopic (exact) mass is 547 g/mol. The molecule has 9 rings (SSSR count). The highest BCUT2D eigenvalue weighted by Gasteiger charge is 2.21. The number of rotatable bonds is 1. The number of nitrogens with zero attached hydrogens (tertiary/aromatic N) is 5. The first-order valence-corrected chi connectivity index (χ1v) is 14.2. The Kier molecular flexibility index (Phi) is 4.68. The quantitative estimate of drug-likeness (QED) is 0.206. The van der Waals surface area contributed by atoms with E-state index in [0.29, 0.717) is 11.1 Å². The van der Waals surface area contributed by atoms with Gasteiger partial charge in [0.1, 0.15) is 0 Å². The molecule has 6 aromatic carbocycles. The second-order valence-electron chi connectivity index (χ2n) is 10.9. The van der Waals surface area contributed by atoms with E-state index in [1.807, 2.05) is 30.3 Å². The van der Waals surface area contributed by atoms with Gasteiger partial charge in [-0.25, -0.2) is 0 Å². The minimum absolute atomic E-state index is 0.627. The van der Waals surface area contributed by atoms with Crippen LogP contribution in [0.4, 0.5) is 0 Å². The fourth-order valence-corrected chi connectivity index (χ4v) is 6.91. The van der Waals surface area contributed by atoms with Crippen LogP contribution in [0.25, 0.3) is 71.4 Å². The molecular weight excluding hydrogens is 526 g/mol. The number of nitriles is 2. The smallest absolute Gasteiger partial charge is 0.0991 e. The van der Waals surface area contributed by atoms with Gasteiger partial charge in [0.15, 0.2) is 0 Å². The number of hydrogen-bond acceptors (Lipinski definition) is 2. The summed E-state index contributed by atoms with van der Waals surface area (Å²) in [6, 6.07) is 48.5. The summed E-state index contributed by atoms with van der Waals surface area (Å²) in [7, 11) is 0. The van der Waals surface area contributed by atoms with Crippen molar-refractivity contribution in [2.75, 3.05) is 0 Å². The van der Waals surface area contributed by atoms with Crippen molar-refractivity contribution in [2.45, 2.75) is 0 Å². The van der Waals surface area contributed by atoms with Crippen LogP contribution in [-0.2, 0) is 0 Å². The number of benzene rings is 6. The summed E-state index contributed by atoms with van der Waals surface area (Å²) in [5.74, 6) is 0. The highest BCUT2D eigenvalue weighted by atomic mass is 15.0. The van der Waals surface area contributed by atoms with E-state index < -0.39 is 0 Å². The summed E-state index contributed by atoms with van der Waals surface area (Å²) in [4.78, 5) is 0. The molecule has 5 nitrogen and oxygen atoms in total. The third kappa shape index (κ3) is 3.08. The molecule has 0 unspecified atom stereocenters. The summed E-state index contributed by atoms with van der Waals surface area (Å²) in [5.41, 5.74) is 10.7. The first-order chi connectivity index (χ1) is 21.3. The number of fused-ring (bicyclic) bond motifs is 10. The van der Waals surface area contributed by atoms with Gasteiger partial charge >= 0.3 is 0 Å². The zero-order valence-electron chi connectivity index (χ0n) is 22.9. The van der Waals surface area contributed by atoms with Gasteiger partial charge < -0.3 is 13.4 Å². The van der Waals surface area contributed by atoms with Gasteiger partial charge in [-0.3, -0.25) is 0 Å². The van der Waals surface area contributed by atoms with E-state index in [0.717, 1.165) is 71.4 Å². The van der Waals surface area contributed by atoms with E-state index in [4.69, 9.17) is 0 Å². The van der Waals surface area contributed by atoms with Crippen LogP contribution in [0.5, 0.6) is 0 Å². The zero-order valence-corrected chi connectivity index (χ0v) is 22.9. The summed E-state index contributed by atoms with van der Waals surface area (Å²) >= 11 is 0. The van der Waals surface area contributed by atoms with Crippen molar-refractivity contribution in [3.8, 4) is 17.8 Å². The van der Waals surface area contributed by atoms with Gasteiger partial charge in [-0.2, -0.15) is 10.5 Å². The van der Waals surface area contributed by atoms with Crippen LogP contribution in [0.1, 0.15) is 11.1 Å². The Bertz CT molecular complexity index is 2570. The lowest BCUT2D eigenvalue weighted by molar-refractivity contribution is 1.15. The lowest BCUT2D eigenvalue weighted by Crippen LogP contribution is -1.99. The molecular formula is C38H21N5. The summed E-state index contributed by atoms with van der Waals surface area (Å²) in [5, 5.41) is 23.8. The van der Waals surface area contributed by atoms with Crippen LogP contribution in [0, 0.1) is 22.7 Å². The Hall–Kier alpha value is -6.30. The van der Waals surface area contributed by atoms with Gasteiger partial charge in [0.25, 0.3) is 0 Å². The molecule has 0 N–H and O–H groups in total. The standard InChI is InChI=1S/C38H21N5/c39-22-24-14-18-31-29(20-24)27-16-17-28-30-21-25(23-40)15-19-32(30)43-36-13-7-5-11-34(36)41(26-8-2-1-3-9-26)33-10-4-6-12-35(33)42(31)37(27)38(28)43/h1-21H. The van der Waals surface area contributed by atoms with Crippen molar-refractivity contribution < 1.29 is 0 Å². The van der Waals surface area contributed by atoms with E-state index in [2.05, 4.69) is 123 Å². The Morgan fingerprint density at radius 3 is 1.30 bits per heavy atom. The summed E-state index contributed by atoms with van der Waals surface area (Å²) < 4.78 is 7.04. The maximum absolute atomic E-state index is 9.82. The van der Waals surface area contributed by atoms with Crippen LogP contribution < -0.4 is 0 Å². The molecule has 0 bridgehead atoms. The van der Waals surface area contributed by atoms with Crippen molar-refractivity contribution in [1.29, 1.82) is 10.5 Å². The SMILES string of the molecule is N#Cc1ccc2c(c1)c1ccc3c4cc(C#N)ccc4n4c5ccccc5n(-c5ccccc5)c5ccccc5n2c1c34. The van der Waals surface area contributed by atoms with Gasteiger partial charge in [-0.05, 0) is 72.8 Å². The molecule has 9 aromatic rings. The third-order valence-corrected chi connectivity index (χ3v) is 8.65. The lowest BCUT2D eigenvalue weighted by Gasteiger charge is -2.13. The van der Waals surface area contributed by atoms with Crippen molar-refractivity contribution in [3.63, 3.8) is 0 Å². The number of para-hydroxylation sites is 5. The van der Waals surface area contributed by atoms with Crippen molar-refractivity contribution in [2.24, 2.45) is 0 Å². The van der Waals surface area contributed by atoms with E-state index in [1.54, 1.807) is 0 Å². The largest absolute Gasteiger partial charge is 0.306 e. The second kappa shape index (κ2) is 8.60. The molecule has 0 spiro atoms. The van der Waals surface area contributed by atoms with Gasteiger partial charge in [0, 0.05) is 27.2 Å². The van der Waals surface area contributed by atoms with E-state index in [-0.39, 0.29) is 0 Å². The van der Waals surface area contributed by atoms with Crippen molar-refractivity contribution in [3.05, 3.63) is 139 Å². The molecule has 3 heterocycles. The maximum Gasteiger partial charge on any atom is 0.0991 e. The fourth-order valence-electron chi connectivity index (χ4n) is 6.91. The Morgan fingerprint density at radius 1 is 0.395 bits per heavy atom. The Morgan fingerprint density at radius 2 is 0.837 bits per heavy atom. The van der Waals surface area contributed by atoms with Crippen LogP contribution in [0.3, 0.4) is 0 Å². The predicted octanol–water partition coefficient (Wildman–Crippen LogP) is 9.05. The third-order valence-electron chi connectivity index (χ3n) is 8.65. The molecule has 198 valence electrons. The highest BCUT2D eigenvalue weighted by molar-refractivity contribution is 6.24. The molecule has 3 aromatic heterocycles. The molecule has 0 aliphatic rings. The molecule has 0 aliphatic carbocycles. The molecule has 0 radical (unpaired) electrons. The van der Waals surface area contributed by atoms with E-state index in [9.17, 15) is 10.5 Å². The van der Waals surface area contributed by atoms with Gasteiger partial charge in [0.2, 0.25) is 0 Å². The van der Waals surface area contributed by atoms with Crippen LogP contribution in [0.2, 0.25) is 0 Å². The molecule has 0 saturated carbocycles. The van der Waals surface area contributed by atoms with E-state index >= 15 is 0 Å². The maximum atomic E-state index is 9.82. The topological polar surface area (TPSA) is 61.3 Å². The van der Waals surface area contributed by atoms with Gasteiger partial charge in [0.05, 0.1) is 67.4 Å². The summed E-state index contributed by atoms with van der Waals surface area (Å²) in [6.45, 7) is 0. The van der Waals surface area contributed by atoms with Crippen molar-refractivity contribution >= 4 is 65.7 Å². The fraction of sp³-hybridized carbons (Fsp3) is 0. The minimum Gasteiger partial charge on any atom is -0.306 e. The Labute approximate surface area is 245 Å². The first-order valence-electron chi connectivity index (χ1n) is 14.2. The van der Waals surface area contributed by atoms with Crippen molar-refractivity contribution in [1.82, 2.24) is 13.4 Å². The molecule has 0 fully saturated rings. The average Bonchev–Trinajstić information content (AvgIpc) is 3.58. The molecule has 43 heavy (non-hydrogen) atoms. The molecule has 0 atom stereocenters. The van der Waals surface area contributed by atoms with Crippen LogP contribution >= 0.6 is 0 Å². The predicted molar refractivity (Wildman–Crippen MR) is 173 cm³/mol. The normalized spacial score (nSPS) is 11.7. The second-order valence-corrected chi connectivity index (χ2v) is 10.9. The molecule has 5 heteroatoms. The number of aromatic nitrogens is 3. The molecule has 0 aliphatic heterocycles. The average molecular weight is 548 g/mol. The minimum atomic E-state index is 0.627. The van der Waals surface area contributed by atoms with Gasteiger partial charge in [-0.1, -0.05) is 54.6 Å². The first kappa shape index (κ1) is 23.4. The summed E-state index contributed by atoms with van der Waals surface area (Å²) in [6.07, 6.45) is 0. The molecule has 0 saturated heterocycles.